The fourth-order valence-corrected chi connectivity index (χ4v) is 3.39. The number of carboxylic acid groups (broad SMARTS) is 1. The molecule has 28 heavy (non-hydrogen) atoms. The van der Waals surface area contributed by atoms with Crippen LogP contribution in [0.25, 0.3) is 28.2 Å². The Hall–Kier alpha value is -3.66. The average Bonchev–Trinajstić information content (AvgIpc) is 3.08. The standard InChI is InChI=1S/C24H20N2O2/c1-16(24(27)28)13-17-8-10-18(11-9-17)14-21-20-6-2-3-7-22(20)26-23(21)19-5-4-12-25-15-19/h2-13,15,26H,14H2,1H3,(H,27,28)/b16-13+. The molecule has 0 bridgehead atoms. The first-order valence-electron chi connectivity index (χ1n) is 9.12. The number of fused-ring (bicyclic) bond motifs is 1. The summed E-state index contributed by atoms with van der Waals surface area (Å²) in [4.78, 5) is 18.8. The van der Waals surface area contributed by atoms with Gasteiger partial charge in [0.15, 0.2) is 0 Å². The lowest BCUT2D eigenvalue weighted by molar-refractivity contribution is -0.132. The van der Waals surface area contributed by atoms with Gasteiger partial charge in [0.1, 0.15) is 0 Å². The van der Waals surface area contributed by atoms with Crippen molar-refractivity contribution in [2.45, 2.75) is 13.3 Å². The number of aromatic amines is 1. The highest BCUT2D eigenvalue weighted by Crippen LogP contribution is 2.31. The second-order valence-corrected chi connectivity index (χ2v) is 6.82. The van der Waals surface area contributed by atoms with Crippen molar-refractivity contribution >= 4 is 22.9 Å². The number of hydrogen-bond donors (Lipinski definition) is 2. The normalized spacial score (nSPS) is 11.7. The highest BCUT2D eigenvalue weighted by Gasteiger charge is 2.13. The van der Waals surface area contributed by atoms with Gasteiger partial charge in [-0.15, -0.1) is 0 Å². The predicted octanol–water partition coefficient (Wildman–Crippen LogP) is 5.31. The van der Waals surface area contributed by atoms with Gasteiger partial charge in [0.2, 0.25) is 0 Å². The van der Waals surface area contributed by atoms with Crippen molar-refractivity contribution < 1.29 is 9.90 Å². The van der Waals surface area contributed by atoms with E-state index in [0.717, 1.165) is 28.8 Å². The highest BCUT2D eigenvalue weighted by atomic mass is 16.4. The van der Waals surface area contributed by atoms with Gasteiger partial charge in [-0.1, -0.05) is 42.5 Å². The lowest BCUT2D eigenvalue weighted by atomic mass is 9.98. The summed E-state index contributed by atoms with van der Waals surface area (Å²) in [5, 5.41) is 10.2. The Morgan fingerprint density at radius 2 is 1.86 bits per heavy atom. The summed E-state index contributed by atoms with van der Waals surface area (Å²) >= 11 is 0. The molecule has 2 aromatic carbocycles. The molecule has 0 spiro atoms. The molecule has 2 aromatic heterocycles. The van der Waals surface area contributed by atoms with Crippen LogP contribution in [0.3, 0.4) is 0 Å². The molecular weight excluding hydrogens is 348 g/mol. The second-order valence-electron chi connectivity index (χ2n) is 6.82. The summed E-state index contributed by atoms with van der Waals surface area (Å²) in [7, 11) is 0. The first kappa shape index (κ1) is 17.7. The van der Waals surface area contributed by atoms with Crippen LogP contribution in [0, 0.1) is 0 Å². The van der Waals surface area contributed by atoms with Gasteiger partial charge in [0.25, 0.3) is 0 Å². The Balaban J connectivity index is 1.72. The minimum Gasteiger partial charge on any atom is -0.478 e. The van der Waals surface area contributed by atoms with Crippen molar-refractivity contribution in [3.63, 3.8) is 0 Å². The van der Waals surface area contributed by atoms with Crippen LogP contribution in [0.2, 0.25) is 0 Å². The quantitative estimate of drug-likeness (QED) is 0.469. The SMILES string of the molecule is C/C(=C\c1ccc(Cc2c(-c3cccnc3)[nH]c3ccccc23)cc1)C(=O)O. The van der Waals surface area contributed by atoms with E-state index in [4.69, 9.17) is 5.11 Å². The third-order valence-electron chi connectivity index (χ3n) is 4.84. The number of aliphatic carboxylic acids is 1. The summed E-state index contributed by atoms with van der Waals surface area (Å²) in [5.74, 6) is -0.899. The largest absolute Gasteiger partial charge is 0.478 e. The fraction of sp³-hybridized carbons (Fsp3) is 0.0833. The number of aromatic nitrogens is 2. The molecule has 0 aliphatic rings. The monoisotopic (exact) mass is 368 g/mol. The van der Waals surface area contributed by atoms with Crippen LogP contribution in [0.4, 0.5) is 0 Å². The first-order chi connectivity index (χ1) is 13.6. The molecule has 2 heterocycles. The molecule has 4 rings (SSSR count). The van der Waals surface area contributed by atoms with Gasteiger partial charge in [-0.25, -0.2) is 4.79 Å². The zero-order valence-electron chi connectivity index (χ0n) is 15.5. The van der Waals surface area contributed by atoms with E-state index >= 15 is 0 Å². The van der Waals surface area contributed by atoms with E-state index in [1.165, 1.54) is 16.5 Å². The van der Waals surface area contributed by atoms with Gasteiger partial charge in [0.05, 0.1) is 5.69 Å². The lowest BCUT2D eigenvalue weighted by Gasteiger charge is -2.06. The van der Waals surface area contributed by atoms with Gasteiger partial charge in [-0.2, -0.15) is 0 Å². The number of nitrogens with one attached hydrogen (secondary N) is 1. The molecule has 0 saturated heterocycles. The van der Waals surface area contributed by atoms with Crippen molar-refractivity contribution in [2.75, 3.05) is 0 Å². The smallest absolute Gasteiger partial charge is 0.331 e. The van der Waals surface area contributed by atoms with Crippen LogP contribution in [0.1, 0.15) is 23.6 Å². The number of pyridine rings is 1. The van der Waals surface area contributed by atoms with Crippen molar-refractivity contribution in [1.82, 2.24) is 9.97 Å². The Morgan fingerprint density at radius 3 is 2.57 bits per heavy atom. The maximum absolute atomic E-state index is 11.0. The highest BCUT2D eigenvalue weighted by molar-refractivity contribution is 5.92. The zero-order chi connectivity index (χ0) is 19.5. The number of para-hydroxylation sites is 1. The van der Waals surface area contributed by atoms with Gasteiger partial charge >= 0.3 is 5.97 Å². The molecular formula is C24H20N2O2. The van der Waals surface area contributed by atoms with E-state index in [-0.39, 0.29) is 0 Å². The number of benzene rings is 2. The number of carboxylic acids is 1. The van der Waals surface area contributed by atoms with Crippen molar-refractivity contribution in [3.05, 3.63) is 95.3 Å². The maximum atomic E-state index is 11.0. The Morgan fingerprint density at radius 1 is 1.07 bits per heavy atom. The van der Waals surface area contributed by atoms with E-state index < -0.39 is 5.97 Å². The molecule has 4 nitrogen and oxygen atoms in total. The summed E-state index contributed by atoms with van der Waals surface area (Å²) in [6, 6.07) is 20.3. The molecule has 4 aromatic rings. The zero-order valence-corrected chi connectivity index (χ0v) is 15.5. The molecule has 0 aliphatic heterocycles. The molecule has 0 radical (unpaired) electrons. The number of nitrogens with zero attached hydrogens (tertiary/aromatic N) is 1. The molecule has 2 N–H and O–H groups in total. The lowest BCUT2D eigenvalue weighted by Crippen LogP contribution is -1.95. The first-order valence-corrected chi connectivity index (χ1v) is 9.12. The number of hydrogen-bond acceptors (Lipinski definition) is 2. The van der Waals surface area contributed by atoms with Crippen molar-refractivity contribution in [3.8, 4) is 11.3 Å². The minimum atomic E-state index is -0.899. The van der Waals surface area contributed by atoms with E-state index in [2.05, 4.69) is 46.4 Å². The second kappa shape index (κ2) is 7.53. The van der Waals surface area contributed by atoms with Gasteiger partial charge < -0.3 is 10.1 Å². The van der Waals surface area contributed by atoms with Gasteiger partial charge in [-0.05, 0) is 47.9 Å². The van der Waals surface area contributed by atoms with Crippen LogP contribution in [-0.2, 0) is 11.2 Å². The number of H-pyrrole nitrogens is 1. The number of carbonyl (C=O) groups is 1. The molecule has 0 unspecified atom stereocenters. The van der Waals surface area contributed by atoms with Crippen LogP contribution in [0.5, 0.6) is 0 Å². The predicted molar refractivity (Wildman–Crippen MR) is 112 cm³/mol. The topological polar surface area (TPSA) is 66.0 Å². The Bertz CT molecular complexity index is 1160. The van der Waals surface area contributed by atoms with E-state index in [0.29, 0.717) is 5.57 Å². The van der Waals surface area contributed by atoms with E-state index in [1.54, 1.807) is 19.2 Å². The molecule has 138 valence electrons. The molecule has 0 atom stereocenters. The van der Waals surface area contributed by atoms with Crippen LogP contribution in [0.15, 0.2) is 78.6 Å². The molecule has 0 amide bonds. The van der Waals surface area contributed by atoms with Gasteiger partial charge in [-0.3, -0.25) is 4.98 Å². The third kappa shape index (κ3) is 3.58. The Labute approximate surface area is 163 Å². The minimum absolute atomic E-state index is 0.322. The molecule has 0 saturated carbocycles. The fourth-order valence-electron chi connectivity index (χ4n) is 3.39. The molecule has 0 aliphatic carbocycles. The summed E-state index contributed by atoms with van der Waals surface area (Å²) < 4.78 is 0. The van der Waals surface area contributed by atoms with Gasteiger partial charge in [0, 0.05) is 40.9 Å². The van der Waals surface area contributed by atoms with E-state index in [9.17, 15) is 4.79 Å². The summed E-state index contributed by atoms with van der Waals surface area (Å²) in [6.45, 7) is 1.60. The van der Waals surface area contributed by atoms with Crippen molar-refractivity contribution in [2.24, 2.45) is 0 Å². The molecule has 4 heteroatoms. The van der Waals surface area contributed by atoms with Crippen LogP contribution >= 0.6 is 0 Å². The Kier molecular flexibility index (Phi) is 4.77. The average molecular weight is 368 g/mol. The van der Waals surface area contributed by atoms with Crippen LogP contribution < -0.4 is 0 Å². The number of rotatable bonds is 5. The van der Waals surface area contributed by atoms with Crippen molar-refractivity contribution in [1.29, 1.82) is 0 Å². The summed E-state index contributed by atoms with van der Waals surface area (Å²) in [6.07, 6.45) is 6.10. The molecule has 0 fully saturated rings. The third-order valence-corrected chi connectivity index (χ3v) is 4.84. The summed E-state index contributed by atoms with van der Waals surface area (Å²) in [5.41, 5.74) is 6.85. The maximum Gasteiger partial charge on any atom is 0.331 e. The van der Waals surface area contributed by atoms with E-state index in [1.807, 2.05) is 30.5 Å². The van der Waals surface area contributed by atoms with Crippen LogP contribution in [-0.4, -0.2) is 21.0 Å².